The van der Waals surface area contributed by atoms with Crippen LogP contribution in [0.5, 0.6) is 0 Å². The molecule has 0 aromatic heterocycles. The van der Waals surface area contributed by atoms with Crippen molar-refractivity contribution in [2.75, 3.05) is 6.61 Å². The van der Waals surface area contributed by atoms with E-state index in [0.717, 1.165) is 37.9 Å². The van der Waals surface area contributed by atoms with Crippen LogP contribution in [0.2, 0.25) is 18.1 Å². The summed E-state index contributed by atoms with van der Waals surface area (Å²) in [5.41, 5.74) is 0.840. The minimum absolute atomic E-state index is 0.133. The van der Waals surface area contributed by atoms with E-state index < -0.39 is 8.32 Å². The summed E-state index contributed by atoms with van der Waals surface area (Å²) in [6.07, 6.45) is 8.23. The van der Waals surface area contributed by atoms with Crippen molar-refractivity contribution >= 4 is 20.1 Å². The number of carbonyl (C=O) groups is 2. The molecule has 144 valence electrons. The van der Waals surface area contributed by atoms with Gasteiger partial charge in [0.1, 0.15) is 6.10 Å². The maximum atomic E-state index is 11.9. The number of allylic oxidation sites excluding steroid dienone is 1. The lowest BCUT2D eigenvalue weighted by molar-refractivity contribution is -0.144. The van der Waals surface area contributed by atoms with Gasteiger partial charge in [-0.05, 0) is 49.0 Å². The first-order chi connectivity index (χ1) is 11.5. The number of Topliss-reactive ketones (excluding diaryl/α,β-unsaturated/α-hetero) is 1. The van der Waals surface area contributed by atoms with Crippen LogP contribution < -0.4 is 0 Å². The fourth-order valence-corrected chi connectivity index (χ4v) is 3.78. The second-order valence-corrected chi connectivity index (χ2v) is 13.4. The Hall–Kier alpha value is -0.943. The summed E-state index contributed by atoms with van der Waals surface area (Å²) in [4.78, 5) is 22.8. The highest BCUT2D eigenvalue weighted by molar-refractivity contribution is 6.74. The normalized spacial score (nSPS) is 18.4. The molecule has 0 unspecified atom stereocenters. The second-order valence-electron chi connectivity index (χ2n) is 8.59. The van der Waals surface area contributed by atoms with Gasteiger partial charge in [-0.15, -0.1) is 0 Å². The lowest BCUT2D eigenvalue weighted by Gasteiger charge is -2.36. The summed E-state index contributed by atoms with van der Waals surface area (Å²) in [7, 11) is -1.60. The fraction of sp³-hybridized carbons (Fsp3) is 0.800. The third-order valence-corrected chi connectivity index (χ3v) is 9.85. The molecule has 0 N–H and O–H groups in total. The summed E-state index contributed by atoms with van der Waals surface area (Å²) in [6, 6.07) is 0. The van der Waals surface area contributed by atoms with Gasteiger partial charge < -0.3 is 9.16 Å². The molecule has 0 saturated carbocycles. The Balaban J connectivity index is 2.11. The Bertz CT molecular complexity index is 488. The predicted octanol–water partition coefficient (Wildman–Crippen LogP) is 5.18. The van der Waals surface area contributed by atoms with Gasteiger partial charge in [-0.1, -0.05) is 40.0 Å². The average molecular weight is 369 g/mol. The topological polar surface area (TPSA) is 52.6 Å². The number of ketones is 1. The maximum absolute atomic E-state index is 11.9. The number of unbranched alkanes of at least 4 members (excludes halogenated alkanes) is 4. The molecule has 0 fully saturated rings. The molecule has 0 heterocycles. The van der Waals surface area contributed by atoms with E-state index in [-0.39, 0.29) is 22.9 Å². The molecule has 0 amide bonds. The van der Waals surface area contributed by atoms with Crippen molar-refractivity contribution in [2.45, 2.75) is 96.9 Å². The quantitative estimate of drug-likeness (QED) is 0.303. The van der Waals surface area contributed by atoms with Gasteiger partial charge in [-0.2, -0.15) is 0 Å². The standard InChI is InChI=1S/C20H36O4Si/c1-16(21)24-18-14-17(19(22)15-18)12-10-8-7-9-11-13-23-25(5,6)20(2,3)4/h14,18H,7-13,15H2,1-6H3/t18-/m1/s1. The van der Waals surface area contributed by atoms with Crippen LogP contribution in [0.15, 0.2) is 11.6 Å². The smallest absolute Gasteiger partial charge is 0.303 e. The van der Waals surface area contributed by atoms with Gasteiger partial charge in [0.25, 0.3) is 0 Å². The molecular formula is C20H36O4Si. The Morgan fingerprint density at radius 3 is 2.36 bits per heavy atom. The first kappa shape index (κ1) is 22.1. The number of hydrogen-bond donors (Lipinski definition) is 0. The number of esters is 1. The van der Waals surface area contributed by atoms with E-state index in [2.05, 4.69) is 33.9 Å². The molecule has 0 aliphatic heterocycles. The van der Waals surface area contributed by atoms with Gasteiger partial charge in [0.05, 0.1) is 6.42 Å². The Kier molecular flexibility index (Phi) is 8.55. The Labute approximate surface area is 154 Å². The summed E-state index contributed by atoms with van der Waals surface area (Å²) >= 11 is 0. The van der Waals surface area contributed by atoms with Crippen LogP contribution in [0.1, 0.15) is 72.6 Å². The number of rotatable bonds is 10. The van der Waals surface area contributed by atoms with Crippen molar-refractivity contribution < 1.29 is 18.8 Å². The maximum Gasteiger partial charge on any atom is 0.303 e. The van der Waals surface area contributed by atoms with E-state index >= 15 is 0 Å². The Morgan fingerprint density at radius 2 is 1.76 bits per heavy atom. The highest BCUT2D eigenvalue weighted by Crippen LogP contribution is 2.36. The van der Waals surface area contributed by atoms with Gasteiger partial charge in [0, 0.05) is 13.5 Å². The first-order valence-corrected chi connectivity index (χ1v) is 12.5. The van der Waals surface area contributed by atoms with Crippen molar-refractivity contribution in [3.63, 3.8) is 0 Å². The monoisotopic (exact) mass is 368 g/mol. The molecule has 1 aliphatic carbocycles. The van der Waals surface area contributed by atoms with Gasteiger partial charge in [0.2, 0.25) is 0 Å². The molecule has 0 saturated heterocycles. The van der Waals surface area contributed by atoms with E-state index in [1.807, 2.05) is 6.08 Å². The second kappa shape index (κ2) is 9.67. The summed E-state index contributed by atoms with van der Waals surface area (Å²) < 4.78 is 11.3. The van der Waals surface area contributed by atoms with Gasteiger partial charge >= 0.3 is 5.97 Å². The molecule has 0 spiro atoms. The molecule has 0 aromatic rings. The zero-order valence-corrected chi connectivity index (χ0v) is 17.9. The molecule has 0 aromatic carbocycles. The van der Waals surface area contributed by atoms with E-state index in [1.54, 1.807) is 0 Å². The third kappa shape index (κ3) is 7.86. The highest BCUT2D eigenvalue weighted by atomic mass is 28.4. The van der Waals surface area contributed by atoms with Crippen LogP contribution in [-0.4, -0.2) is 32.8 Å². The summed E-state index contributed by atoms with van der Waals surface area (Å²) in [5, 5.41) is 0.276. The number of hydrogen-bond acceptors (Lipinski definition) is 4. The molecule has 1 rings (SSSR count). The van der Waals surface area contributed by atoms with E-state index in [4.69, 9.17) is 9.16 Å². The molecule has 1 atom stereocenters. The third-order valence-electron chi connectivity index (χ3n) is 5.31. The van der Waals surface area contributed by atoms with Gasteiger partial charge in [0.15, 0.2) is 14.1 Å². The molecule has 5 heteroatoms. The average Bonchev–Trinajstić information content (AvgIpc) is 2.79. The van der Waals surface area contributed by atoms with Gasteiger partial charge in [-0.25, -0.2) is 0 Å². The van der Waals surface area contributed by atoms with Crippen molar-refractivity contribution in [1.82, 2.24) is 0 Å². The van der Waals surface area contributed by atoms with Crippen LogP contribution in [0.25, 0.3) is 0 Å². The minimum Gasteiger partial charge on any atom is -0.458 e. The zero-order chi connectivity index (χ0) is 19.1. The van der Waals surface area contributed by atoms with Crippen molar-refractivity contribution in [3.05, 3.63) is 11.6 Å². The van der Waals surface area contributed by atoms with E-state index in [1.165, 1.54) is 19.8 Å². The highest BCUT2D eigenvalue weighted by Gasteiger charge is 2.36. The predicted molar refractivity (Wildman–Crippen MR) is 104 cm³/mol. The van der Waals surface area contributed by atoms with Crippen molar-refractivity contribution in [1.29, 1.82) is 0 Å². The number of ether oxygens (including phenoxy) is 1. The van der Waals surface area contributed by atoms with Crippen LogP contribution in [0.4, 0.5) is 0 Å². The number of carbonyl (C=O) groups excluding carboxylic acids is 2. The molecular weight excluding hydrogens is 332 g/mol. The van der Waals surface area contributed by atoms with Crippen LogP contribution >= 0.6 is 0 Å². The minimum atomic E-state index is -1.60. The van der Waals surface area contributed by atoms with Crippen molar-refractivity contribution in [3.8, 4) is 0 Å². The fourth-order valence-electron chi connectivity index (χ4n) is 2.69. The summed E-state index contributed by atoms with van der Waals surface area (Å²) in [5.74, 6) is -0.191. The molecule has 25 heavy (non-hydrogen) atoms. The van der Waals surface area contributed by atoms with Crippen LogP contribution in [0.3, 0.4) is 0 Å². The molecule has 1 aliphatic rings. The van der Waals surface area contributed by atoms with Crippen LogP contribution in [0, 0.1) is 0 Å². The Morgan fingerprint density at radius 1 is 1.16 bits per heavy atom. The molecule has 4 nitrogen and oxygen atoms in total. The lowest BCUT2D eigenvalue weighted by atomic mass is 10.0. The molecule has 0 bridgehead atoms. The van der Waals surface area contributed by atoms with Crippen molar-refractivity contribution in [2.24, 2.45) is 0 Å². The van der Waals surface area contributed by atoms with E-state index in [9.17, 15) is 9.59 Å². The summed E-state index contributed by atoms with van der Waals surface area (Å²) in [6.45, 7) is 13.6. The largest absolute Gasteiger partial charge is 0.458 e. The zero-order valence-electron chi connectivity index (χ0n) is 16.9. The van der Waals surface area contributed by atoms with E-state index in [0.29, 0.717) is 6.42 Å². The van der Waals surface area contributed by atoms with Gasteiger partial charge in [-0.3, -0.25) is 9.59 Å². The lowest BCUT2D eigenvalue weighted by Crippen LogP contribution is -2.40. The molecule has 0 radical (unpaired) electrons. The van der Waals surface area contributed by atoms with Crippen LogP contribution in [-0.2, 0) is 18.8 Å². The SMILES string of the molecule is CC(=O)O[C@@H]1C=C(CCCCCCCO[Si](C)(C)C(C)(C)C)C(=O)C1. The first-order valence-electron chi connectivity index (χ1n) is 9.58.